The maximum atomic E-state index is 6.93. The van der Waals surface area contributed by atoms with Gasteiger partial charge in [-0.15, -0.1) is 5.10 Å². The van der Waals surface area contributed by atoms with E-state index in [1.807, 2.05) is 16.9 Å². The lowest BCUT2D eigenvalue weighted by molar-refractivity contribution is -0.660. The Balaban J connectivity index is 1.16. The summed E-state index contributed by atoms with van der Waals surface area (Å²) in [6.07, 6.45) is 5.70. The van der Waals surface area contributed by atoms with Crippen molar-refractivity contribution in [3.05, 3.63) is 205 Å². The zero-order chi connectivity index (χ0) is 50.0. The number of pyridine rings is 1. The molecule has 0 aliphatic heterocycles. The highest BCUT2D eigenvalue weighted by molar-refractivity contribution is 6.10. The molecule has 356 valence electrons. The van der Waals surface area contributed by atoms with Crippen LogP contribution in [0.2, 0.25) is 0 Å². The fourth-order valence-electron chi connectivity index (χ4n) is 9.48. The van der Waals surface area contributed by atoms with Gasteiger partial charge in [-0.2, -0.15) is 4.68 Å². The fraction of sp³-hybridized carbons (Fsp3) is 0.246. The third-order valence-corrected chi connectivity index (χ3v) is 13.7. The average molecular weight is 932 g/mol. The molecule has 3 heterocycles. The zero-order valence-corrected chi connectivity index (χ0v) is 43.4. The molecule has 3 aromatic heterocycles. The van der Waals surface area contributed by atoms with Gasteiger partial charge in [0, 0.05) is 28.6 Å². The Morgan fingerprint density at radius 3 is 1.65 bits per heavy atom. The molecule has 0 unspecified atom stereocenters. The molecule has 0 saturated carbocycles. The van der Waals surface area contributed by atoms with Crippen molar-refractivity contribution in [1.82, 2.24) is 19.2 Å². The minimum Gasteiger partial charge on any atom is -0.458 e. The average Bonchev–Trinajstić information content (AvgIpc) is 3.93. The van der Waals surface area contributed by atoms with Gasteiger partial charge < -0.3 is 4.74 Å². The third kappa shape index (κ3) is 9.32. The number of hydrogen-bond donors (Lipinski definition) is 0. The lowest BCUT2D eigenvalue weighted by Crippen LogP contribution is -2.34. The highest BCUT2D eigenvalue weighted by atomic mass is 16.5. The largest absolute Gasteiger partial charge is 0.458 e. The maximum Gasteiger partial charge on any atom is 0.273 e. The first-order valence-corrected chi connectivity index (χ1v) is 24.9. The van der Waals surface area contributed by atoms with E-state index in [0.29, 0.717) is 5.75 Å². The Hall–Kier alpha value is -7.57. The summed E-state index contributed by atoms with van der Waals surface area (Å²) in [6, 6.07) is 60.5. The van der Waals surface area contributed by atoms with E-state index in [2.05, 4.69) is 262 Å². The minimum atomic E-state index is -0.0895. The quantitative estimate of drug-likeness (QED) is 0.113. The summed E-state index contributed by atoms with van der Waals surface area (Å²) >= 11 is 0. The van der Waals surface area contributed by atoms with Crippen molar-refractivity contribution in [2.24, 2.45) is 0 Å². The molecule has 6 heteroatoms. The Morgan fingerprint density at radius 2 is 1.04 bits per heavy atom. The molecule has 0 amide bonds. The van der Waals surface area contributed by atoms with Crippen LogP contribution >= 0.6 is 0 Å². The van der Waals surface area contributed by atoms with Gasteiger partial charge in [0.05, 0.1) is 22.4 Å². The summed E-state index contributed by atoms with van der Waals surface area (Å²) in [5, 5.41) is 7.91. The van der Waals surface area contributed by atoms with E-state index in [4.69, 9.17) is 14.8 Å². The van der Waals surface area contributed by atoms with Crippen molar-refractivity contribution >= 4 is 21.8 Å². The van der Waals surface area contributed by atoms with E-state index in [9.17, 15) is 0 Å². The molecule has 0 aliphatic rings. The van der Waals surface area contributed by atoms with Crippen LogP contribution in [0, 0.1) is 6.33 Å². The number of hydrogen-bond acceptors (Lipinski definition) is 3. The SMILES string of the molecule is CC(C)(C)c1cc(-[n+]2[c-]n(-c3cccc(Oc4ccc5c6cc(C(C)(C)C)ccc6n(-c6cc(C(C)(C)C)ccn6)c5c4)c3)c(-c3c(-c4ccccc4)cccc3-c3ccccc3)n2)cc(C(C)(C)C)c1. The van der Waals surface area contributed by atoms with Crippen molar-refractivity contribution in [2.75, 3.05) is 0 Å². The van der Waals surface area contributed by atoms with Crippen LogP contribution in [0.3, 0.4) is 0 Å². The van der Waals surface area contributed by atoms with Gasteiger partial charge in [-0.1, -0.05) is 198 Å². The lowest BCUT2D eigenvalue weighted by Gasteiger charge is -2.26. The first-order valence-electron chi connectivity index (χ1n) is 24.9. The molecule has 71 heavy (non-hydrogen) atoms. The van der Waals surface area contributed by atoms with Gasteiger partial charge in [-0.3, -0.25) is 9.13 Å². The highest BCUT2D eigenvalue weighted by Gasteiger charge is 2.26. The van der Waals surface area contributed by atoms with Crippen LogP contribution in [0.5, 0.6) is 11.5 Å². The van der Waals surface area contributed by atoms with Gasteiger partial charge in [0.1, 0.15) is 17.3 Å². The normalized spacial score (nSPS) is 12.5. The molecule has 0 bridgehead atoms. The van der Waals surface area contributed by atoms with Gasteiger partial charge in [0.25, 0.3) is 6.33 Å². The van der Waals surface area contributed by atoms with E-state index in [1.54, 1.807) is 0 Å². The summed E-state index contributed by atoms with van der Waals surface area (Å²) in [6.45, 7) is 27.2. The van der Waals surface area contributed by atoms with E-state index in [1.165, 1.54) is 27.6 Å². The highest BCUT2D eigenvalue weighted by Crippen LogP contribution is 2.42. The molecule has 0 fully saturated rings. The van der Waals surface area contributed by atoms with Crippen LogP contribution in [0.1, 0.15) is 105 Å². The Bertz CT molecular complexity index is 3500. The topological polar surface area (TPSA) is 48.8 Å². The summed E-state index contributed by atoms with van der Waals surface area (Å²) in [5.74, 6) is 3.05. The van der Waals surface area contributed by atoms with Crippen LogP contribution in [0.15, 0.2) is 176 Å². The first kappa shape index (κ1) is 47.1. The molecule has 0 saturated heterocycles. The van der Waals surface area contributed by atoms with Crippen LogP contribution < -0.4 is 9.42 Å². The standard InChI is InChI=1S/C65H65N5O/c1-62(2,3)45-29-32-57-56(38-45)55-31-30-52(41-58(55)70(57)59-39-46(33-34-66-59)63(4,5)6)71-51-26-19-25-49(40-51)68-42-69(50-36-47(64(7,8)9)35-48(37-50)65(10,11)12)67-61(68)60-53(43-21-15-13-16-22-43)27-20-28-54(60)44-23-17-14-18-24-44/h13-41H,1-12H3. The van der Waals surface area contributed by atoms with Gasteiger partial charge in [0.2, 0.25) is 0 Å². The molecular weight excluding hydrogens is 867 g/mol. The molecule has 0 N–H and O–H groups in total. The lowest BCUT2D eigenvalue weighted by atomic mass is 9.80. The van der Waals surface area contributed by atoms with Gasteiger partial charge in [-0.25, -0.2) is 4.98 Å². The Kier molecular flexibility index (Phi) is 11.7. The summed E-state index contributed by atoms with van der Waals surface area (Å²) in [4.78, 5) is 4.97. The molecule has 0 radical (unpaired) electrons. The molecule has 10 aromatic rings. The van der Waals surface area contributed by atoms with E-state index < -0.39 is 0 Å². The zero-order valence-electron chi connectivity index (χ0n) is 43.4. The molecule has 10 rings (SSSR count). The smallest absolute Gasteiger partial charge is 0.273 e. The van der Waals surface area contributed by atoms with Crippen molar-refractivity contribution in [1.29, 1.82) is 0 Å². The number of ether oxygens (including phenoxy) is 1. The van der Waals surface area contributed by atoms with Crippen molar-refractivity contribution in [3.8, 4) is 62.3 Å². The van der Waals surface area contributed by atoms with E-state index in [0.717, 1.165) is 73.0 Å². The number of fused-ring (bicyclic) bond motifs is 3. The van der Waals surface area contributed by atoms with Crippen LogP contribution in [-0.4, -0.2) is 19.2 Å². The van der Waals surface area contributed by atoms with Crippen molar-refractivity contribution in [2.45, 2.75) is 105 Å². The van der Waals surface area contributed by atoms with E-state index in [-0.39, 0.29) is 21.7 Å². The Morgan fingerprint density at radius 1 is 0.465 bits per heavy atom. The molecule has 0 spiro atoms. The predicted molar refractivity (Wildman–Crippen MR) is 294 cm³/mol. The van der Waals surface area contributed by atoms with Gasteiger partial charge >= 0.3 is 0 Å². The van der Waals surface area contributed by atoms with Crippen LogP contribution in [0.25, 0.3) is 72.6 Å². The molecule has 0 aliphatic carbocycles. The van der Waals surface area contributed by atoms with Gasteiger partial charge in [0.15, 0.2) is 5.82 Å². The maximum absolute atomic E-state index is 6.93. The molecule has 6 nitrogen and oxygen atoms in total. The molecule has 0 atom stereocenters. The third-order valence-electron chi connectivity index (χ3n) is 13.7. The molecular formula is C65H65N5O. The second-order valence-corrected chi connectivity index (χ2v) is 23.1. The number of aromatic nitrogens is 5. The number of rotatable bonds is 8. The fourth-order valence-corrected chi connectivity index (χ4v) is 9.48. The summed E-state index contributed by atoms with van der Waals surface area (Å²) < 4.78 is 13.3. The monoisotopic (exact) mass is 932 g/mol. The van der Waals surface area contributed by atoms with E-state index >= 15 is 0 Å². The summed E-state index contributed by atoms with van der Waals surface area (Å²) in [7, 11) is 0. The second-order valence-electron chi connectivity index (χ2n) is 23.1. The number of nitrogens with zero attached hydrogens (tertiary/aromatic N) is 5. The number of benzene rings is 7. The Labute approximate surface area is 420 Å². The van der Waals surface area contributed by atoms with Crippen molar-refractivity contribution in [3.63, 3.8) is 0 Å². The summed E-state index contributed by atoms with van der Waals surface area (Å²) in [5.41, 5.74) is 14.1. The van der Waals surface area contributed by atoms with Crippen LogP contribution in [-0.2, 0) is 21.7 Å². The van der Waals surface area contributed by atoms with Crippen molar-refractivity contribution < 1.29 is 9.42 Å². The van der Waals surface area contributed by atoms with Crippen LogP contribution in [0.4, 0.5) is 0 Å². The van der Waals surface area contributed by atoms with Gasteiger partial charge in [-0.05, 0) is 115 Å². The molecule has 7 aromatic carbocycles. The predicted octanol–water partition coefficient (Wildman–Crippen LogP) is 16.4. The first-order chi connectivity index (χ1) is 33.7. The minimum absolute atomic E-state index is 0.00848. The second kappa shape index (κ2) is 17.7.